The molecule has 8 heteroatoms. The van der Waals surface area contributed by atoms with Crippen LogP contribution in [0.5, 0.6) is 0 Å². The number of carbonyl (C=O) groups excluding carboxylic acids is 4. The quantitative estimate of drug-likeness (QED) is 0.728. The molecule has 2 aromatic rings. The summed E-state index contributed by atoms with van der Waals surface area (Å²) in [4.78, 5) is 51.6. The fourth-order valence-corrected chi connectivity index (χ4v) is 4.44. The van der Waals surface area contributed by atoms with Crippen molar-refractivity contribution < 1.29 is 19.2 Å². The van der Waals surface area contributed by atoms with E-state index in [-0.39, 0.29) is 36.1 Å². The minimum absolute atomic E-state index is 0.0821. The van der Waals surface area contributed by atoms with Gasteiger partial charge in [-0.3, -0.25) is 19.2 Å². The number of rotatable bonds is 3. The predicted octanol–water partition coefficient (Wildman–Crippen LogP) is 2.06. The molecule has 152 valence electrons. The van der Waals surface area contributed by atoms with Crippen molar-refractivity contribution in [3.05, 3.63) is 59.2 Å². The zero-order valence-electron chi connectivity index (χ0n) is 16.1. The molecule has 2 unspecified atom stereocenters. The van der Waals surface area contributed by atoms with Crippen LogP contribution in [-0.2, 0) is 9.59 Å². The molecule has 1 fully saturated rings. The molecule has 3 N–H and O–H groups in total. The molecule has 2 aromatic carbocycles. The first-order valence-corrected chi connectivity index (χ1v) is 9.97. The van der Waals surface area contributed by atoms with Gasteiger partial charge in [0.15, 0.2) is 0 Å². The lowest BCUT2D eigenvalue weighted by Gasteiger charge is -2.20. The summed E-state index contributed by atoms with van der Waals surface area (Å²) in [6.45, 7) is 0.549. The SMILES string of the molecule is O=C(CC1NC(=O)c2ccccc21)Nc1ccc2c(c1)C(=O)N1CCCC1C(=O)N2. The lowest BCUT2D eigenvalue weighted by molar-refractivity contribution is -0.119. The van der Waals surface area contributed by atoms with E-state index in [4.69, 9.17) is 0 Å². The van der Waals surface area contributed by atoms with E-state index in [9.17, 15) is 19.2 Å². The Morgan fingerprint density at radius 3 is 2.80 bits per heavy atom. The number of amides is 4. The third kappa shape index (κ3) is 3.01. The summed E-state index contributed by atoms with van der Waals surface area (Å²) in [5.41, 5.74) is 2.68. The monoisotopic (exact) mass is 404 g/mol. The number of benzene rings is 2. The van der Waals surface area contributed by atoms with E-state index in [0.717, 1.165) is 12.0 Å². The van der Waals surface area contributed by atoms with Gasteiger partial charge >= 0.3 is 0 Å². The molecule has 0 aliphatic carbocycles. The van der Waals surface area contributed by atoms with E-state index in [0.29, 0.717) is 35.5 Å². The minimum Gasteiger partial charge on any atom is -0.345 e. The summed E-state index contributed by atoms with van der Waals surface area (Å²) in [7, 11) is 0. The number of nitrogens with zero attached hydrogens (tertiary/aromatic N) is 1. The second-order valence-corrected chi connectivity index (χ2v) is 7.77. The van der Waals surface area contributed by atoms with E-state index in [2.05, 4.69) is 16.0 Å². The van der Waals surface area contributed by atoms with Gasteiger partial charge in [0, 0.05) is 17.8 Å². The topological polar surface area (TPSA) is 108 Å². The average Bonchev–Trinajstić information content (AvgIpc) is 3.32. The summed E-state index contributed by atoms with van der Waals surface area (Å²) < 4.78 is 0. The molecule has 0 radical (unpaired) electrons. The second-order valence-electron chi connectivity index (χ2n) is 7.77. The second kappa shape index (κ2) is 6.98. The number of anilines is 2. The third-order valence-corrected chi connectivity index (χ3v) is 5.88. The van der Waals surface area contributed by atoms with E-state index < -0.39 is 6.04 Å². The molecule has 30 heavy (non-hydrogen) atoms. The first kappa shape index (κ1) is 18.4. The fourth-order valence-electron chi connectivity index (χ4n) is 4.44. The molecule has 3 heterocycles. The van der Waals surface area contributed by atoms with Crippen molar-refractivity contribution in [2.75, 3.05) is 17.2 Å². The highest BCUT2D eigenvalue weighted by Gasteiger charge is 2.38. The lowest BCUT2D eigenvalue weighted by Crippen LogP contribution is -2.40. The van der Waals surface area contributed by atoms with Crippen molar-refractivity contribution in [3.8, 4) is 0 Å². The Bertz CT molecular complexity index is 1100. The molecule has 5 rings (SSSR count). The Kier molecular flexibility index (Phi) is 4.27. The van der Waals surface area contributed by atoms with Gasteiger partial charge in [0.1, 0.15) is 6.04 Å². The molecule has 0 saturated carbocycles. The first-order chi connectivity index (χ1) is 14.5. The maximum absolute atomic E-state index is 12.9. The molecule has 0 bridgehead atoms. The maximum Gasteiger partial charge on any atom is 0.256 e. The van der Waals surface area contributed by atoms with Crippen LogP contribution in [0.2, 0.25) is 0 Å². The van der Waals surface area contributed by atoms with Gasteiger partial charge in [0.05, 0.1) is 23.7 Å². The van der Waals surface area contributed by atoms with Crippen LogP contribution in [0.3, 0.4) is 0 Å². The Hall–Kier alpha value is -3.68. The fraction of sp³-hybridized carbons (Fsp3) is 0.273. The largest absolute Gasteiger partial charge is 0.345 e. The van der Waals surface area contributed by atoms with Gasteiger partial charge in [-0.05, 0) is 42.7 Å². The van der Waals surface area contributed by atoms with Crippen molar-refractivity contribution in [2.24, 2.45) is 0 Å². The number of hydrogen-bond acceptors (Lipinski definition) is 4. The lowest BCUT2D eigenvalue weighted by atomic mass is 10.0. The maximum atomic E-state index is 12.9. The molecule has 3 aliphatic rings. The molecule has 0 aromatic heterocycles. The number of nitrogens with one attached hydrogen (secondary N) is 3. The van der Waals surface area contributed by atoms with Crippen molar-refractivity contribution >= 4 is 35.0 Å². The smallest absolute Gasteiger partial charge is 0.256 e. The highest BCUT2D eigenvalue weighted by atomic mass is 16.2. The highest BCUT2D eigenvalue weighted by molar-refractivity contribution is 6.11. The van der Waals surface area contributed by atoms with Crippen LogP contribution in [0.25, 0.3) is 0 Å². The van der Waals surface area contributed by atoms with Crippen LogP contribution in [0.15, 0.2) is 42.5 Å². The summed E-state index contributed by atoms with van der Waals surface area (Å²) in [6, 6.07) is 11.3. The van der Waals surface area contributed by atoms with Gasteiger partial charge in [-0.15, -0.1) is 0 Å². The standard InChI is InChI=1S/C22H20N4O4/c27-19(11-17-13-4-1-2-5-14(13)20(28)25-17)23-12-7-8-16-15(10-12)22(30)26-9-3-6-18(26)21(29)24-16/h1-2,4-5,7-8,10,17-18H,3,6,9,11H2,(H,23,27)(H,24,29)(H,25,28). The summed E-state index contributed by atoms with van der Waals surface area (Å²) in [6.07, 6.45) is 1.53. The van der Waals surface area contributed by atoms with Crippen LogP contribution < -0.4 is 16.0 Å². The van der Waals surface area contributed by atoms with Crippen LogP contribution in [0, 0.1) is 0 Å². The Morgan fingerprint density at radius 2 is 1.93 bits per heavy atom. The van der Waals surface area contributed by atoms with E-state index in [1.165, 1.54) is 0 Å². The summed E-state index contributed by atoms with van der Waals surface area (Å²) in [5.74, 6) is -0.845. The van der Waals surface area contributed by atoms with Crippen LogP contribution in [0.4, 0.5) is 11.4 Å². The molecule has 2 atom stereocenters. The minimum atomic E-state index is -0.436. The van der Waals surface area contributed by atoms with Gasteiger partial charge in [-0.2, -0.15) is 0 Å². The number of hydrogen-bond donors (Lipinski definition) is 3. The Balaban J connectivity index is 1.34. The Labute approximate surface area is 172 Å². The highest BCUT2D eigenvalue weighted by Crippen LogP contribution is 2.31. The van der Waals surface area contributed by atoms with Crippen molar-refractivity contribution in [3.63, 3.8) is 0 Å². The molecular weight excluding hydrogens is 384 g/mol. The molecule has 8 nitrogen and oxygen atoms in total. The van der Waals surface area contributed by atoms with E-state index >= 15 is 0 Å². The van der Waals surface area contributed by atoms with E-state index in [1.54, 1.807) is 35.2 Å². The van der Waals surface area contributed by atoms with Gasteiger partial charge in [-0.25, -0.2) is 0 Å². The summed E-state index contributed by atoms with van der Waals surface area (Å²) >= 11 is 0. The van der Waals surface area contributed by atoms with Crippen LogP contribution in [-0.4, -0.2) is 41.1 Å². The van der Waals surface area contributed by atoms with Crippen molar-refractivity contribution in [2.45, 2.75) is 31.3 Å². The molecule has 3 aliphatic heterocycles. The van der Waals surface area contributed by atoms with Crippen molar-refractivity contribution in [1.29, 1.82) is 0 Å². The molecular formula is C22H20N4O4. The number of fused-ring (bicyclic) bond motifs is 3. The predicted molar refractivity (Wildman–Crippen MR) is 109 cm³/mol. The van der Waals surface area contributed by atoms with Crippen LogP contribution >= 0.6 is 0 Å². The van der Waals surface area contributed by atoms with Gasteiger partial charge in [0.25, 0.3) is 11.8 Å². The average molecular weight is 404 g/mol. The van der Waals surface area contributed by atoms with Gasteiger partial charge < -0.3 is 20.9 Å². The van der Waals surface area contributed by atoms with Gasteiger partial charge in [0.2, 0.25) is 11.8 Å². The normalized spacial score (nSPS) is 21.9. The van der Waals surface area contributed by atoms with Crippen molar-refractivity contribution in [1.82, 2.24) is 10.2 Å². The molecule has 0 spiro atoms. The number of carbonyl (C=O) groups is 4. The zero-order valence-corrected chi connectivity index (χ0v) is 16.1. The molecule has 1 saturated heterocycles. The van der Waals surface area contributed by atoms with E-state index in [1.807, 2.05) is 12.1 Å². The van der Waals surface area contributed by atoms with Gasteiger partial charge in [-0.1, -0.05) is 18.2 Å². The molecule has 4 amide bonds. The Morgan fingerprint density at radius 1 is 1.10 bits per heavy atom. The first-order valence-electron chi connectivity index (χ1n) is 9.97. The zero-order chi connectivity index (χ0) is 20.8. The summed E-state index contributed by atoms with van der Waals surface area (Å²) in [5, 5.41) is 8.44. The third-order valence-electron chi connectivity index (χ3n) is 5.88. The van der Waals surface area contributed by atoms with Crippen LogP contribution in [0.1, 0.15) is 51.6 Å².